The minimum absolute atomic E-state index is 0.0919. The Morgan fingerprint density at radius 1 is 1.23 bits per heavy atom. The Balaban J connectivity index is 0.000000261. The Labute approximate surface area is 140 Å². The van der Waals surface area contributed by atoms with E-state index in [1.807, 2.05) is 11.8 Å². The molecule has 0 bridgehead atoms. The zero-order valence-electron chi connectivity index (χ0n) is 12.2. The summed E-state index contributed by atoms with van der Waals surface area (Å²) < 4.78 is 64.5. The number of hydrogen-bond donors (Lipinski definition) is 0. The summed E-state index contributed by atoms with van der Waals surface area (Å²) in [6.07, 6.45) is 2.18. The first-order valence-electron chi connectivity index (χ1n) is 5.84. The van der Waals surface area contributed by atoms with Gasteiger partial charge in [0.05, 0.1) is 0 Å². The van der Waals surface area contributed by atoms with Crippen molar-refractivity contribution in [3.05, 3.63) is 23.3 Å². The maximum absolute atomic E-state index is 10.7. The Hall–Kier alpha value is -0.270. The SMILES string of the molecule is CSc1[te]c2cc(C)c(C)cc2[n+]1C.O=S(=O)([O-])C(F)(F)F. The Morgan fingerprint density at radius 2 is 1.68 bits per heavy atom. The van der Waals surface area contributed by atoms with E-state index >= 15 is 0 Å². The van der Waals surface area contributed by atoms with Gasteiger partial charge in [-0.15, -0.1) is 0 Å². The summed E-state index contributed by atoms with van der Waals surface area (Å²) >= 11 is 1.82. The van der Waals surface area contributed by atoms with Gasteiger partial charge >= 0.3 is 105 Å². The second kappa shape index (κ2) is 7.09. The number of benzene rings is 1. The van der Waals surface area contributed by atoms with Crippen LogP contribution < -0.4 is 4.57 Å². The van der Waals surface area contributed by atoms with Crippen LogP contribution in [0.25, 0.3) is 8.92 Å². The second-order valence-corrected chi connectivity index (χ2v) is 10.3. The zero-order chi connectivity index (χ0) is 17.3. The first-order valence-corrected chi connectivity index (χ1v) is 10.8. The number of fused-ring (bicyclic) bond motifs is 1. The fraction of sp³-hybridized carbons (Fsp3) is 0.417. The van der Waals surface area contributed by atoms with Crippen molar-refractivity contribution in [3.8, 4) is 0 Å². The van der Waals surface area contributed by atoms with E-state index in [0.29, 0.717) is 0 Å². The number of hydrogen-bond acceptors (Lipinski definition) is 4. The molecule has 0 N–H and O–H groups in total. The topological polar surface area (TPSA) is 61.1 Å². The molecule has 2 rings (SSSR count). The maximum atomic E-state index is 10.7. The predicted molar refractivity (Wildman–Crippen MR) is 79.1 cm³/mol. The number of thioether (sulfide) groups is 1. The molecule has 0 fully saturated rings. The average Bonchev–Trinajstić information content (AvgIpc) is 2.65. The molecule has 0 aliphatic rings. The summed E-state index contributed by atoms with van der Waals surface area (Å²) in [7, 11) is -3.90. The third-order valence-electron chi connectivity index (χ3n) is 2.87. The van der Waals surface area contributed by atoms with Gasteiger partial charge < -0.3 is 4.55 Å². The molecule has 1 aromatic heterocycles. The second-order valence-electron chi connectivity index (χ2n) is 4.44. The minimum Gasteiger partial charge on any atom is -0.741 e. The molecule has 0 saturated carbocycles. The number of halogens is 3. The quantitative estimate of drug-likeness (QED) is 0.211. The van der Waals surface area contributed by atoms with Crippen LogP contribution in [0.1, 0.15) is 11.1 Å². The van der Waals surface area contributed by atoms with E-state index in [1.165, 1.54) is 16.6 Å². The molecule has 0 saturated heterocycles. The van der Waals surface area contributed by atoms with Crippen LogP contribution in [0.3, 0.4) is 0 Å². The normalized spacial score (nSPS) is 12.2. The van der Waals surface area contributed by atoms with E-state index in [0.717, 1.165) is 0 Å². The van der Waals surface area contributed by atoms with E-state index in [-0.39, 0.29) is 20.4 Å². The van der Waals surface area contributed by atoms with E-state index in [1.54, 1.807) is 6.44 Å². The summed E-state index contributed by atoms with van der Waals surface area (Å²) in [6.45, 7) is 4.40. The Kier molecular flexibility index (Phi) is 6.38. The van der Waals surface area contributed by atoms with Gasteiger partial charge in [0, 0.05) is 0 Å². The molecule has 0 atom stereocenters. The summed E-state index contributed by atoms with van der Waals surface area (Å²) in [6, 6.07) is 4.71. The van der Waals surface area contributed by atoms with Crippen LogP contribution in [-0.2, 0) is 17.2 Å². The Bertz CT molecular complexity index is 785. The van der Waals surface area contributed by atoms with Gasteiger partial charge in [-0.2, -0.15) is 13.2 Å². The standard InChI is InChI=1S/C11H14NSTe.CHF3O3S/c1-7-5-9-10(6-8(7)2)14-11(13-4)12(9)3;2-1(3,4)8(5,6)7/h5-6H,1-4H3;(H,5,6,7)/q+1;/p-1. The van der Waals surface area contributed by atoms with Gasteiger partial charge in [-0.3, -0.25) is 0 Å². The summed E-state index contributed by atoms with van der Waals surface area (Å²) in [5.74, 6) is 0. The molecule has 0 amide bonds. The van der Waals surface area contributed by atoms with E-state index < -0.39 is 15.6 Å². The van der Waals surface area contributed by atoms with Crippen LogP contribution in [0.15, 0.2) is 15.2 Å². The van der Waals surface area contributed by atoms with E-state index in [4.69, 9.17) is 13.0 Å². The molecule has 0 aliphatic carbocycles. The first-order chi connectivity index (χ1) is 9.88. The summed E-state index contributed by atoms with van der Waals surface area (Å²) in [5.41, 5.74) is -1.36. The average molecular weight is 469 g/mol. The Morgan fingerprint density at radius 3 is 2.09 bits per heavy atom. The van der Waals surface area contributed by atoms with Gasteiger partial charge in [0.15, 0.2) is 10.1 Å². The third kappa shape index (κ3) is 4.61. The van der Waals surface area contributed by atoms with Gasteiger partial charge in [0.1, 0.15) is 0 Å². The van der Waals surface area contributed by atoms with Crippen LogP contribution in [0, 0.1) is 13.8 Å². The van der Waals surface area contributed by atoms with Crippen molar-refractivity contribution in [3.63, 3.8) is 0 Å². The first kappa shape index (κ1) is 19.8. The smallest absolute Gasteiger partial charge is 0.485 e. The molecule has 0 aliphatic heterocycles. The van der Waals surface area contributed by atoms with Gasteiger partial charge in [0.25, 0.3) is 0 Å². The fourth-order valence-corrected chi connectivity index (χ4v) is 6.07. The minimum atomic E-state index is -6.09. The van der Waals surface area contributed by atoms with Crippen molar-refractivity contribution >= 4 is 51.2 Å². The monoisotopic (exact) mass is 471 g/mol. The number of aryl methyl sites for hydroxylation is 3. The zero-order valence-corrected chi connectivity index (χ0v) is 16.1. The third-order valence-corrected chi connectivity index (χ3v) is 8.88. The van der Waals surface area contributed by atoms with Crippen LogP contribution >= 0.6 is 11.8 Å². The molecule has 124 valence electrons. The number of aromatic nitrogens is 1. The molecule has 1 heterocycles. The van der Waals surface area contributed by atoms with Gasteiger partial charge in [-0.25, -0.2) is 8.42 Å². The van der Waals surface area contributed by atoms with Crippen LogP contribution in [0.4, 0.5) is 13.2 Å². The maximum Gasteiger partial charge on any atom is 0.485 e. The molecule has 0 radical (unpaired) electrons. The fourth-order valence-electron chi connectivity index (χ4n) is 1.56. The van der Waals surface area contributed by atoms with Crippen molar-refractivity contribution < 1.29 is 30.7 Å². The molecule has 2 aromatic rings. The molecule has 4 nitrogen and oxygen atoms in total. The number of rotatable bonds is 1. The van der Waals surface area contributed by atoms with Crippen molar-refractivity contribution in [1.82, 2.24) is 0 Å². The molecule has 0 spiro atoms. The predicted octanol–water partition coefficient (Wildman–Crippen LogP) is 2.11. The van der Waals surface area contributed by atoms with E-state index in [2.05, 4.69) is 43.9 Å². The van der Waals surface area contributed by atoms with E-state index in [9.17, 15) is 13.2 Å². The van der Waals surface area contributed by atoms with Crippen molar-refractivity contribution in [1.29, 1.82) is 0 Å². The van der Waals surface area contributed by atoms with Crippen molar-refractivity contribution in [2.45, 2.75) is 22.4 Å². The van der Waals surface area contributed by atoms with Gasteiger partial charge in [-0.1, -0.05) is 0 Å². The molecule has 22 heavy (non-hydrogen) atoms. The van der Waals surface area contributed by atoms with Crippen LogP contribution in [-0.4, -0.2) is 45.2 Å². The molecule has 10 heteroatoms. The molecular weight excluding hydrogens is 455 g/mol. The number of alkyl halides is 3. The van der Waals surface area contributed by atoms with Gasteiger partial charge in [0.2, 0.25) is 0 Å². The van der Waals surface area contributed by atoms with Crippen LogP contribution in [0.5, 0.6) is 0 Å². The van der Waals surface area contributed by atoms with Crippen molar-refractivity contribution in [2.75, 3.05) is 6.26 Å². The summed E-state index contributed by atoms with van der Waals surface area (Å²) in [4.78, 5) is 0. The largest absolute Gasteiger partial charge is 0.741 e. The molecule has 0 unspecified atom stereocenters. The van der Waals surface area contributed by atoms with Crippen molar-refractivity contribution in [2.24, 2.45) is 7.05 Å². The summed E-state index contributed by atoms with van der Waals surface area (Å²) in [5, 5.41) is 0. The molecule has 1 aromatic carbocycles. The molecular formula is C12H14F3NO3S2Te. The van der Waals surface area contributed by atoms with Crippen LogP contribution in [0.2, 0.25) is 0 Å². The number of nitrogens with zero attached hydrogens (tertiary/aromatic N) is 1. The van der Waals surface area contributed by atoms with Gasteiger partial charge in [-0.05, 0) is 0 Å².